The Kier molecular flexibility index (Phi) is 11.5. The van der Waals surface area contributed by atoms with Crippen LogP contribution in [0.3, 0.4) is 0 Å². The van der Waals surface area contributed by atoms with E-state index < -0.39 is 34.9 Å². The molecule has 0 amide bonds. The van der Waals surface area contributed by atoms with Gasteiger partial charge < -0.3 is 9.47 Å². The summed E-state index contributed by atoms with van der Waals surface area (Å²) >= 11 is 0. The van der Waals surface area contributed by atoms with Crippen LogP contribution < -0.4 is 4.74 Å². The van der Waals surface area contributed by atoms with Gasteiger partial charge in [-0.2, -0.15) is 4.39 Å². The third kappa shape index (κ3) is 7.48. The average Bonchev–Trinajstić information content (AvgIpc) is 3.07. The smallest absolute Gasteiger partial charge is 0.201 e. The molecule has 0 heterocycles. The maximum absolute atomic E-state index is 15.2. The Bertz CT molecular complexity index is 1520. The first-order valence-electron chi connectivity index (χ1n) is 16.5. The van der Waals surface area contributed by atoms with E-state index in [1.54, 1.807) is 19.1 Å². The first kappa shape index (κ1) is 34.1. The van der Waals surface area contributed by atoms with E-state index in [0.29, 0.717) is 62.2 Å². The maximum Gasteiger partial charge on any atom is 0.201 e. The van der Waals surface area contributed by atoms with Crippen molar-refractivity contribution in [3.63, 3.8) is 0 Å². The quantitative estimate of drug-likeness (QED) is 0.153. The molecule has 0 radical (unpaired) electrons. The number of halogens is 6. The summed E-state index contributed by atoms with van der Waals surface area (Å²) in [6.07, 6.45) is 11.0. The van der Waals surface area contributed by atoms with E-state index in [1.165, 1.54) is 24.3 Å². The summed E-state index contributed by atoms with van der Waals surface area (Å²) in [6.45, 7) is 4.26. The number of benzene rings is 3. The molecule has 0 N–H and O–H groups in total. The van der Waals surface area contributed by atoms with Crippen molar-refractivity contribution in [1.29, 1.82) is 0 Å². The molecule has 2 saturated carbocycles. The molecule has 46 heavy (non-hydrogen) atoms. The van der Waals surface area contributed by atoms with Gasteiger partial charge in [0.2, 0.25) is 5.82 Å². The summed E-state index contributed by atoms with van der Waals surface area (Å²) in [5.41, 5.74) is 0.424. The molecule has 8 heteroatoms. The topological polar surface area (TPSA) is 18.5 Å². The zero-order valence-corrected chi connectivity index (χ0v) is 26.5. The Balaban J connectivity index is 1.11. The van der Waals surface area contributed by atoms with Gasteiger partial charge in [-0.3, -0.25) is 0 Å². The molecule has 0 atom stereocenters. The molecule has 0 aromatic heterocycles. The second kappa shape index (κ2) is 15.6. The zero-order chi connectivity index (χ0) is 32.8. The van der Waals surface area contributed by atoms with Gasteiger partial charge in [-0.15, -0.1) is 0 Å². The van der Waals surface area contributed by atoms with Crippen molar-refractivity contribution in [1.82, 2.24) is 0 Å². The highest BCUT2D eigenvalue weighted by Gasteiger charge is 2.30. The molecule has 0 aliphatic heterocycles. The Morgan fingerprint density at radius 1 is 0.652 bits per heavy atom. The number of hydrogen-bond acceptors (Lipinski definition) is 2. The summed E-state index contributed by atoms with van der Waals surface area (Å²) in [6, 6.07) is 8.66. The van der Waals surface area contributed by atoms with Crippen molar-refractivity contribution >= 4 is 0 Å². The predicted molar refractivity (Wildman–Crippen MR) is 168 cm³/mol. The highest BCUT2D eigenvalue weighted by molar-refractivity contribution is 5.66. The van der Waals surface area contributed by atoms with Crippen LogP contribution in [0.25, 0.3) is 11.1 Å². The number of aryl methyl sites for hydroxylation is 1. The van der Waals surface area contributed by atoms with Gasteiger partial charge in [0.25, 0.3) is 0 Å². The SMILES string of the molecule is CC=CCCc1ccc(C2CCC(COC3CCC(c4ccc(-c5ccc(OCC)c(F)c5F)c(F)c4F)CC3)CC2)c(F)c1F. The van der Waals surface area contributed by atoms with E-state index >= 15 is 8.78 Å². The number of hydrogen-bond donors (Lipinski definition) is 0. The third-order valence-electron chi connectivity index (χ3n) is 9.73. The average molecular weight is 645 g/mol. The minimum absolute atomic E-state index is 0.00240. The molecule has 248 valence electrons. The van der Waals surface area contributed by atoms with E-state index in [9.17, 15) is 17.6 Å². The van der Waals surface area contributed by atoms with Crippen molar-refractivity contribution in [3.05, 3.63) is 100 Å². The van der Waals surface area contributed by atoms with E-state index in [2.05, 4.69) is 0 Å². The maximum atomic E-state index is 15.2. The van der Waals surface area contributed by atoms with Crippen LogP contribution >= 0.6 is 0 Å². The van der Waals surface area contributed by atoms with Crippen LogP contribution in [0.2, 0.25) is 0 Å². The van der Waals surface area contributed by atoms with Crippen LogP contribution in [-0.4, -0.2) is 19.3 Å². The van der Waals surface area contributed by atoms with E-state index in [0.717, 1.165) is 25.7 Å². The van der Waals surface area contributed by atoms with Crippen molar-refractivity contribution < 1.29 is 35.8 Å². The van der Waals surface area contributed by atoms with Gasteiger partial charge in [0, 0.05) is 17.7 Å². The van der Waals surface area contributed by atoms with Gasteiger partial charge in [0.1, 0.15) is 0 Å². The lowest BCUT2D eigenvalue weighted by molar-refractivity contribution is -0.00294. The molecule has 0 saturated heterocycles. The second-order valence-corrected chi connectivity index (χ2v) is 12.6. The van der Waals surface area contributed by atoms with E-state index in [1.807, 2.05) is 19.1 Å². The van der Waals surface area contributed by atoms with Crippen LogP contribution in [0.15, 0.2) is 48.6 Å². The molecule has 2 fully saturated rings. The van der Waals surface area contributed by atoms with Crippen LogP contribution in [0.1, 0.15) is 100 Å². The van der Waals surface area contributed by atoms with Crippen LogP contribution in [0, 0.1) is 40.8 Å². The molecule has 2 aliphatic rings. The van der Waals surface area contributed by atoms with E-state index in [-0.39, 0.29) is 47.0 Å². The number of rotatable bonds is 11. The van der Waals surface area contributed by atoms with Crippen molar-refractivity contribution in [2.24, 2.45) is 5.92 Å². The second-order valence-electron chi connectivity index (χ2n) is 12.6. The Hall–Kier alpha value is -3.26. The highest BCUT2D eigenvalue weighted by atomic mass is 19.2. The largest absolute Gasteiger partial charge is 0.491 e. The molecule has 5 rings (SSSR count). The minimum atomic E-state index is -1.28. The fraction of sp³-hybridized carbons (Fsp3) is 0.474. The molecule has 0 spiro atoms. The lowest BCUT2D eigenvalue weighted by atomic mass is 9.78. The first-order valence-corrected chi connectivity index (χ1v) is 16.5. The molecule has 2 nitrogen and oxygen atoms in total. The first-order chi connectivity index (χ1) is 22.2. The van der Waals surface area contributed by atoms with Crippen molar-refractivity contribution in [2.75, 3.05) is 13.2 Å². The lowest BCUT2D eigenvalue weighted by Gasteiger charge is -2.33. The van der Waals surface area contributed by atoms with Gasteiger partial charge in [0.15, 0.2) is 34.8 Å². The van der Waals surface area contributed by atoms with Gasteiger partial charge in [-0.05, 0) is 125 Å². The Labute approximate surface area is 267 Å². The van der Waals surface area contributed by atoms with Crippen molar-refractivity contribution in [3.8, 4) is 16.9 Å². The fourth-order valence-electron chi connectivity index (χ4n) is 7.07. The molecule has 2 aliphatic carbocycles. The molecule has 3 aromatic carbocycles. The van der Waals surface area contributed by atoms with Gasteiger partial charge in [-0.1, -0.05) is 36.4 Å². The third-order valence-corrected chi connectivity index (χ3v) is 9.73. The summed E-state index contributed by atoms with van der Waals surface area (Å²) in [4.78, 5) is 0. The Morgan fingerprint density at radius 2 is 1.22 bits per heavy atom. The monoisotopic (exact) mass is 644 g/mol. The minimum Gasteiger partial charge on any atom is -0.491 e. The molecular weight excluding hydrogens is 602 g/mol. The van der Waals surface area contributed by atoms with Crippen molar-refractivity contribution in [2.45, 2.75) is 96.0 Å². The predicted octanol–water partition coefficient (Wildman–Crippen LogP) is 11.1. The summed E-state index contributed by atoms with van der Waals surface area (Å²) in [7, 11) is 0. The Morgan fingerprint density at radius 3 is 1.85 bits per heavy atom. The van der Waals surface area contributed by atoms with Gasteiger partial charge in [-0.25, -0.2) is 22.0 Å². The standard InChI is InChI=1S/C38H42F6O2/c1-3-5-6-7-26-14-17-28(34(40)33(26)39)24-10-8-23(9-11-24)22-46-27-15-12-25(13-16-27)29-18-19-30(36(42)35(29)41)31-20-21-32(45-4-2)38(44)37(31)43/h3,5,14,17-21,23-25,27H,4,6-13,15-16,22H2,1-2H3. The van der Waals surface area contributed by atoms with Gasteiger partial charge >= 0.3 is 0 Å². The van der Waals surface area contributed by atoms with E-state index in [4.69, 9.17) is 9.47 Å². The highest BCUT2D eigenvalue weighted by Crippen LogP contribution is 2.41. The lowest BCUT2D eigenvalue weighted by Crippen LogP contribution is -2.26. The normalized spacial score (nSPS) is 22.0. The molecule has 0 unspecified atom stereocenters. The summed E-state index contributed by atoms with van der Waals surface area (Å²) in [5, 5.41) is 0. The van der Waals surface area contributed by atoms with Crippen LogP contribution in [-0.2, 0) is 11.2 Å². The van der Waals surface area contributed by atoms with Crippen LogP contribution in [0.5, 0.6) is 5.75 Å². The number of allylic oxidation sites excluding steroid dienone is 2. The molecule has 3 aromatic rings. The summed E-state index contributed by atoms with van der Waals surface area (Å²) < 4.78 is 100. The number of ether oxygens (including phenoxy) is 2. The van der Waals surface area contributed by atoms with Gasteiger partial charge in [0.05, 0.1) is 12.7 Å². The molecule has 0 bridgehead atoms. The summed E-state index contributed by atoms with van der Waals surface area (Å²) in [5.74, 6) is -6.33. The zero-order valence-electron chi connectivity index (χ0n) is 26.5. The van der Waals surface area contributed by atoms with Crippen LogP contribution in [0.4, 0.5) is 26.3 Å². The fourth-order valence-corrected chi connectivity index (χ4v) is 7.07. The molecular formula is C38H42F6O2.